The van der Waals surface area contributed by atoms with Crippen molar-refractivity contribution < 1.29 is 14.6 Å². The molecule has 1 aromatic carbocycles. The van der Waals surface area contributed by atoms with Crippen LogP contribution in [0.15, 0.2) is 24.3 Å². The summed E-state index contributed by atoms with van der Waals surface area (Å²) in [6, 6.07) is 7.64. The fourth-order valence-corrected chi connectivity index (χ4v) is 2.23. The molecular weight excluding hydrogens is 244 g/mol. The molecule has 1 aliphatic rings. The number of carbonyl (C=O) groups excluding carboxylic acids is 1. The lowest BCUT2D eigenvalue weighted by atomic mass is 10.1. The lowest BCUT2D eigenvalue weighted by Gasteiger charge is -2.11. The smallest absolute Gasteiger partial charge is 0.237 e. The number of rotatable bonds is 5. The number of nitrogens with one attached hydrogen (secondary N) is 2. The summed E-state index contributed by atoms with van der Waals surface area (Å²) in [7, 11) is 1.66. The Labute approximate surface area is 113 Å². The third kappa shape index (κ3) is 4.02. The first kappa shape index (κ1) is 14.0. The van der Waals surface area contributed by atoms with Gasteiger partial charge in [-0.3, -0.25) is 4.79 Å². The summed E-state index contributed by atoms with van der Waals surface area (Å²) in [5.41, 5.74) is 2.13. The van der Waals surface area contributed by atoms with E-state index < -0.39 is 6.10 Å². The average molecular weight is 264 g/mol. The van der Waals surface area contributed by atoms with Crippen LogP contribution in [-0.2, 0) is 22.7 Å². The Bertz CT molecular complexity index is 436. The van der Waals surface area contributed by atoms with Gasteiger partial charge in [-0.25, -0.2) is 0 Å². The molecule has 0 spiro atoms. The van der Waals surface area contributed by atoms with Crippen molar-refractivity contribution in [2.45, 2.75) is 31.7 Å². The SMILES string of the molecule is COCc1cccc(CNC(=O)[C@H]2C[C@@H](O)CN2)c1. The van der Waals surface area contributed by atoms with Gasteiger partial charge in [0.25, 0.3) is 0 Å². The first-order chi connectivity index (χ1) is 9.19. The van der Waals surface area contributed by atoms with Gasteiger partial charge in [0.1, 0.15) is 0 Å². The molecule has 0 unspecified atom stereocenters. The van der Waals surface area contributed by atoms with E-state index in [0.717, 1.165) is 11.1 Å². The summed E-state index contributed by atoms with van der Waals surface area (Å²) in [5.74, 6) is -0.0614. The summed E-state index contributed by atoms with van der Waals surface area (Å²) in [4.78, 5) is 11.9. The summed E-state index contributed by atoms with van der Waals surface area (Å²) in [6.07, 6.45) is 0.0658. The van der Waals surface area contributed by atoms with Gasteiger partial charge in [0.2, 0.25) is 5.91 Å². The molecule has 5 nitrogen and oxygen atoms in total. The number of methoxy groups -OCH3 is 1. The number of carbonyl (C=O) groups is 1. The zero-order valence-corrected chi connectivity index (χ0v) is 11.1. The molecule has 1 aromatic rings. The van der Waals surface area contributed by atoms with Crippen molar-refractivity contribution in [3.63, 3.8) is 0 Å². The quantitative estimate of drug-likeness (QED) is 0.709. The molecule has 3 N–H and O–H groups in total. The van der Waals surface area contributed by atoms with Gasteiger partial charge in [-0.1, -0.05) is 24.3 Å². The van der Waals surface area contributed by atoms with Gasteiger partial charge in [-0.2, -0.15) is 0 Å². The standard InChI is InChI=1S/C14H20N2O3/c1-19-9-11-4-2-3-10(5-11)7-16-14(18)13-6-12(17)8-15-13/h2-5,12-13,15,17H,6-9H2,1H3,(H,16,18)/t12-,13-/m1/s1. The molecule has 5 heteroatoms. The van der Waals surface area contributed by atoms with Gasteiger partial charge in [0.05, 0.1) is 18.8 Å². The lowest BCUT2D eigenvalue weighted by molar-refractivity contribution is -0.123. The predicted octanol–water partition coefficient (Wildman–Crippen LogP) is 0.172. The third-order valence-electron chi connectivity index (χ3n) is 3.19. The second-order valence-corrected chi connectivity index (χ2v) is 4.82. The Morgan fingerprint density at radius 3 is 3.00 bits per heavy atom. The fraction of sp³-hybridized carbons (Fsp3) is 0.500. The molecule has 1 saturated heterocycles. The van der Waals surface area contributed by atoms with E-state index >= 15 is 0 Å². The van der Waals surface area contributed by atoms with Crippen molar-refractivity contribution >= 4 is 5.91 Å². The van der Waals surface area contributed by atoms with E-state index in [0.29, 0.717) is 26.1 Å². The van der Waals surface area contributed by atoms with Crippen LogP contribution < -0.4 is 10.6 Å². The highest BCUT2D eigenvalue weighted by atomic mass is 16.5. The number of benzene rings is 1. The second kappa shape index (κ2) is 6.65. The summed E-state index contributed by atoms with van der Waals surface area (Å²) >= 11 is 0. The number of hydrogen-bond donors (Lipinski definition) is 3. The van der Waals surface area contributed by atoms with Crippen LogP contribution in [-0.4, -0.2) is 36.8 Å². The summed E-state index contributed by atoms with van der Waals surface area (Å²) < 4.78 is 5.08. The molecule has 1 amide bonds. The molecule has 1 fully saturated rings. The maximum Gasteiger partial charge on any atom is 0.237 e. The van der Waals surface area contributed by atoms with Crippen molar-refractivity contribution in [1.29, 1.82) is 0 Å². The molecule has 19 heavy (non-hydrogen) atoms. The molecule has 1 aliphatic heterocycles. The Hall–Kier alpha value is -1.43. The van der Waals surface area contributed by atoms with Crippen molar-refractivity contribution in [3.05, 3.63) is 35.4 Å². The molecule has 2 rings (SSSR count). The Balaban J connectivity index is 1.84. The van der Waals surface area contributed by atoms with Crippen molar-refractivity contribution in [2.24, 2.45) is 0 Å². The van der Waals surface area contributed by atoms with Crippen LogP contribution in [0.1, 0.15) is 17.5 Å². The highest BCUT2D eigenvalue weighted by Gasteiger charge is 2.27. The van der Waals surface area contributed by atoms with Crippen LogP contribution in [0.2, 0.25) is 0 Å². The second-order valence-electron chi connectivity index (χ2n) is 4.82. The van der Waals surface area contributed by atoms with E-state index in [1.54, 1.807) is 7.11 Å². The fourth-order valence-electron chi connectivity index (χ4n) is 2.23. The van der Waals surface area contributed by atoms with E-state index in [9.17, 15) is 9.90 Å². The van der Waals surface area contributed by atoms with Gasteiger partial charge in [-0.05, 0) is 17.5 Å². The maximum absolute atomic E-state index is 11.9. The van der Waals surface area contributed by atoms with Crippen molar-refractivity contribution in [1.82, 2.24) is 10.6 Å². The van der Waals surface area contributed by atoms with Crippen molar-refractivity contribution in [3.8, 4) is 0 Å². The van der Waals surface area contributed by atoms with E-state index in [2.05, 4.69) is 10.6 Å². The van der Waals surface area contributed by atoms with Gasteiger partial charge >= 0.3 is 0 Å². The van der Waals surface area contributed by atoms with Crippen LogP contribution >= 0.6 is 0 Å². The molecule has 0 radical (unpaired) electrons. The van der Waals surface area contributed by atoms with Crippen LogP contribution in [0.4, 0.5) is 0 Å². The number of β-amino-alcohol motifs (C(OH)–C–C–N with tert-alkyl or cyclic N) is 1. The minimum absolute atomic E-state index is 0.0614. The number of aliphatic hydroxyl groups excluding tert-OH is 1. The van der Waals surface area contributed by atoms with Gasteiger partial charge in [0.15, 0.2) is 0 Å². The van der Waals surface area contributed by atoms with Gasteiger partial charge < -0.3 is 20.5 Å². The summed E-state index contributed by atoms with van der Waals surface area (Å²) in [6.45, 7) is 1.55. The summed E-state index contributed by atoms with van der Waals surface area (Å²) in [5, 5.41) is 15.2. The zero-order valence-electron chi connectivity index (χ0n) is 11.1. The molecule has 0 aliphatic carbocycles. The molecule has 1 heterocycles. The maximum atomic E-state index is 11.9. The number of ether oxygens (including phenoxy) is 1. The monoisotopic (exact) mass is 264 g/mol. The molecular formula is C14H20N2O3. The first-order valence-electron chi connectivity index (χ1n) is 6.45. The van der Waals surface area contributed by atoms with E-state index in [-0.39, 0.29) is 11.9 Å². The van der Waals surface area contributed by atoms with Gasteiger partial charge in [-0.15, -0.1) is 0 Å². The Morgan fingerprint density at radius 1 is 1.53 bits per heavy atom. The average Bonchev–Trinajstić information content (AvgIpc) is 2.84. The van der Waals surface area contributed by atoms with Gasteiger partial charge in [0, 0.05) is 20.2 Å². The number of hydrogen-bond acceptors (Lipinski definition) is 4. The minimum atomic E-state index is -0.416. The van der Waals surface area contributed by atoms with E-state index in [4.69, 9.17) is 4.74 Å². The van der Waals surface area contributed by atoms with Crippen molar-refractivity contribution in [2.75, 3.05) is 13.7 Å². The van der Waals surface area contributed by atoms with Crippen LogP contribution in [0, 0.1) is 0 Å². The highest BCUT2D eigenvalue weighted by molar-refractivity contribution is 5.82. The van der Waals surface area contributed by atoms with E-state index in [1.807, 2.05) is 24.3 Å². The van der Waals surface area contributed by atoms with E-state index in [1.165, 1.54) is 0 Å². The number of aliphatic hydroxyl groups is 1. The van der Waals surface area contributed by atoms with Crippen LogP contribution in [0.5, 0.6) is 0 Å². The zero-order chi connectivity index (χ0) is 13.7. The molecule has 0 bridgehead atoms. The largest absolute Gasteiger partial charge is 0.392 e. The highest BCUT2D eigenvalue weighted by Crippen LogP contribution is 2.08. The normalized spacial score (nSPS) is 22.4. The molecule has 104 valence electrons. The predicted molar refractivity (Wildman–Crippen MR) is 71.4 cm³/mol. The lowest BCUT2D eigenvalue weighted by Crippen LogP contribution is -2.40. The number of amides is 1. The molecule has 0 saturated carbocycles. The molecule has 2 atom stereocenters. The molecule has 0 aromatic heterocycles. The van der Waals surface area contributed by atoms with Crippen LogP contribution in [0.3, 0.4) is 0 Å². The van der Waals surface area contributed by atoms with Crippen LogP contribution in [0.25, 0.3) is 0 Å². The topological polar surface area (TPSA) is 70.6 Å². The third-order valence-corrected chi connectivity index (χ3v) is 3.19. The Morgan fingerprint density at radius 2 is 2.32 bits per heavy atom. The minimum Gasteiger partial charge on any atom is -0.392 e. The Kier molecular flexibility index (Phi) is 4.90. The first-order valence-corrected chi connectivity index (χ1v) is 6.45.